The van der Waals surface area contributed by atoms with Crippen molar-refractivity contribution in [1.29, 1.82) is 0 Å². The first-order valence-electron chi connectivity index (χ1n) is 6.00. The molecule has 0 radical (unpaired) electrons. The molecule has 1 saturated heterocycles. The molecule has 2 N–H and O–H groups in total. The highest BCUT2D eigenvalue weighted by Crippen LogP contribution is 2.36. The van der Waals surface area contributed by atoms with E-state index < -0.39 is 0 Å². The van der Waals surface area contributed by atoms with Gasteiger partial charge in [-0.3, -0.25) is 0 Å². The topological polar surface area (TPSA) is 29.3 Å². The molecule has 0 amide bonds. The van der Waals surface area contributed by atoms with E-state index in [-0.39, 0.29) is 0 Å². The summed E-state index contributed by atoms with van der Waals surface area (Å²) in [6.45, 7) is 5.56. The second-order valence-corrected chi connectivity index (χ2v) is 5.81. The molecule has 0 saturated carbocycles. The number of rotatable bonds is 1. The standard InChI is InChI=1S/C13H18Cl2N2/c1-8-3-4-17(9(2)5-8)13-7-11(15)10(14)6-12(13)16/h6-9H,3-5,16H2,1-2H3. The van der Waals surface area contributed by atoms with Gasteiger partial charge in [0.25, 0.3) is 0 Å². The third-order valence-electron chi connectivity index (χ3n) is 3.52. The molecule has 0 bridgehead atoms. The molecule has 2 atom stereocenters. The van der Waals surface area contributed by atoms with Gasteiger partial charge in [-0.2, -0.15) is 0 Å². The first kappa shape index (κ1) is 12.8. The Morgan fingerprint density at radius 3 is 2.53 bits per heavy atom. The minimum atomic E-state index is 0.498. The van der Waals surface area contributed by atoms with Crippen LogP contribution >= 0.6 is 23.2 Å². The quantitative estimate of drug-likeness (QED) is 0.777. The highest BCUT2D eigenvalue weighted by Gasteiger charge is 2.24. The van der Waals surface area contributed by atoms with Crippen molar-refractivity contribution in [3.05, 3.63) is 22.2 Å². The van der Waals surface area contributed by atoms with Gasteiger partial charge in [0.05, 0.1) is 21.4 Å². The molecule has 0 aromatic heterocycles. The Kier molecular flexibility index (Phi) is 3.74. The largest absolute Gasteiger partial charge is 0.397 e. The van der Waals surface area contributed by atoms with Crippen LogP contribution in [0.25, 0.3) is 0 Å². The van der Waals surface area contributed by atoms with Gasteiger partial charge in [-0.1, -0.05) is 30.1 Å². The maximum Gasteiger partial charge on any atom is 0.0618 e. The fraction of sp³-hybridized carbons (Fsp3) is 0.538. The molecule has 94 valence electrons. The first-order chi connectivity index (χ1) is 7.99. The zero-order chi connectivity index (χ0) is 12.6. The van der Waals surface area contributed by atoms with Gasteiger partial charge in [0.2, 0.25) is 0 Å². The third-order valence-corrected chi connectivity index (χ3v) is 4.24. The normalized spacial score (nSPS) is 25.1. The van der Waals surface area contributed by atoms with Gasteiger partial charge in [0.1, 0.15) is 0 Å². The number of nitrogen functional groups attached to an aromatic ring is 1. The lowest BCUT2D eigenvalue weighted by molar-refractivity contribution is 0.378. The van der Waals surface area contributed by atoms with Crippen LogP contribution in [0, 0.1) is 5.92 Å². The van der Waals surface area contributed by atoms with Crippen molar-refractivity contribution in [2.45, 2.75) is 32.7 Å². The van der Waals surface area contributed by atoms with Gasteiger partial charge in [0.15, 0.2) is 0 Å². The van der Waals surface area contributed by atoms with Crippen LogP contribution in [-0.2, 0) is 0 Å². The smallest absolute Gasteiger partial charge is 0.0618 e. The maximum atomic E-state index is 6.07. The van der Waals surface area contributed by atoms with Gasteiger partial charge in [-0.15, -0.1) is 0 Å². The zero-order valence-corrected chi connectivity index (χ0v) is 11.7. The molecule has 2 nitrogen and oxygen atoms in total. The molecule has 1 aliphatic rings. The Morgan fingerprint density at radius 1 is 1.24 bits per heavy atom. The maximum absolute atomic E-state index is 6.07. The van der Waals surface area contributed by atoms with Crippen molar-refractivity contribution in [2.24, 2.45) is 5.92 Å². The molecule has 17 heavy (non-hydrogen) atoms. The van der Waals surface area contributed by atoms with Crippen LogP contribution in [0.2, 0.25) is 10.0 Å². The molecule has 1 aromatic rings. The van der Waals surface area contributed by atoms with Gasteiger partial charge in [-0.05, 0) is 37.8 Å². The predicted molar refractivity (Wildman–Crippen MR) is 76.1 cm³/mol. The van der Waals surface area contributed by atoms with E-state index in [1.165, 1.54) is 12.8 Å². The lowest BCUT2D eigenvalue weighted by atomic mass is 9.93. The number of hydrogen-bond acceptors (Lipinski definition) is 2. The van der Waals surface area contributed by atoms with Gasteiger partial charge in [-0.25, -0.2) is 0 Å². The Bertz CT molecular complexity index is 420. The van der Waals surface area contributed by atoms with Gasteiger partial charge < -0.3 is 10.6 Å². The molecule has 1 heterocycles. The minimum Gasteiger partial charge on any atom is -0.397 e. The monoisotopic (exact) mass is 272 g/mol. The van der Waals surface area contributed by atoms with Gasteiger partial charge in [0, 0.05) is 12.6 Å². The van der Waals surface area contributed by atoms with E-state index in [2.05, 4.69) is 18.7 Å². The molecular weight excluding hydrogens is 255 g/mol. The Labute approximate surface area is 113 Å². The molecule has 0 aliphatic carbocycles. The number of benzene rings is 1. The van der Waals surface area contributed by atoms with Crippen molar-refractivity contribution in [3.63, 3.8) is 0 Å². The second kappa shape index (κ2) is 4.95. The molecule has 1 aliphatic heterocycles. The summed E-state index contributed by atoms with van der Waals surface area (Å²) < 4.78 is 0. The molecule has 2 unspecified atom stereocenters. The summed E-state index contributed by atoms with van der Waals surface area (Å²) in [5.41, 5.74) is 7.76. The van der Waals surface area contributed by atoms with Crippen molar-refractivity contribution in [2.75, 3.05) is 17.2 Å². The lowest BCUT2D eigenvalue weighted by Gasteiger charge is -2.39. The number of anilines is 2. The van der Waals surface area contributed by atoms with E-state index in [0.717, 1.165) is 18.2 Å². The number of hydrogen-bond donors (Lipinski definition) is 1. The van der Waals surface area contributed by atoms with E-state index in [9.17, 15) is 0 Å². The Balaban J connectivity index is 2.31. The molecule has 1 aromatic carbocycles. The Hall–Kier alpha value is -0.600. The van der Waals surface area contributed by atoms with Crippen LogP contribution in [0.3, 0.4) is 0 Å². The molecule has 2 rings (SSSR count). The van der Waals surface area contributed by atoms with Crippen molar-refractivity contribution in [3.8, 4) is 0 Å². The van der Waals surface area contributed by atoms with Crippen LogP contribution in [0.1, 0.15) is 26.7 Å². The lowest BCUT2D eigenvalue weighted by Crippen LogP contribution is -2.40. The summed E-state index contributed by atoms with van der Waals surface area (Å²) in [6.07, 6.45) is 2.39. The predicted octanol–water partition coefficient (Wildman–Crippen LogP) is 4.20. The minimum absolute atomic E-state index is 0.498. The van der Waals surface area contributed by atoms with E-state index in [4.69, 9.17) is 28.9 Å². The van der Waals surface area contributed by atoms with E-state index in [1.54, 1.807) is 6.07 Å². The van der Waals surface area contributed by atoms with Crippen LogP contribution in [0.15, 0.2) is 12.1 Å². The first-order valence-corrected chi connectivity index (χ1v) is 6.75. The average Bonchev–Trinajstić information content (AvgIpc) is 2.24. The number of halogens is 2. The van der Waals surface area contributed by atoms with Crippen LogP contribution in [-0.4, -0.2) is 12.6 Å². The average molecular weight is 273 g/mol. The van der Waals surface area contributed by atoms with Crippen LogP contribution < -0.4 is 10.6 Å². The van der Waals surface area contributed by atoms with E-state index in [1.807, 2.05) is 6.07 Å². The van der Waals surface area contributed by atoms with E-state index >= 15 is 0 Å². The summed E-state index contributed by atoms with van der Waals surface area (Å²) in [4.78, 5) is 2.33. The zero-order valence-electron chi connectivity index (χ0n) is 10.2. The van der Waals surface area contributed by atoms with Crippen molar-refractivity contribution in [1.82, 2.24) is 0 Å². The molecular formula is C13H18Cl2N2. The van der Waals surface area contributed by atoms with Gasteiger partial charge >= 0.3 is 0 Å². The van der Waals surface area contributed by atoms with Crippen LogP contribution in [0.5, 0.6) is 0 Å². The SMILES string of the molecule is CC1CCN(c2cc(Cl)c(Cl)cc2N)C(C)C1. The van der Waals surface area contributed by atoms with Crippen molar-refractivity contribution >= 4 is 34.6 Å². The number of nitrogens with two attached hydrogens (primary N) is 1. The van der Waals surface area contributed by atoms with Crippen molar-refractivity contribution < 1.29 is 0 Å². The summed E-state index contributed by atoms with van der Waals surface area (Å²) in [5, 5.41) is 1.09. The van der Waals surface area contributed by atoms with E-state index in [0.29, 0.717) is 21.8 Å². The summed E-state index contributed by atoms with van der Waals surface area (Å²) in [6, 6.07) is 4.12. The third kappa shape index (κ3) is 2.63. The molecule has 0 spiro atoms. The Morgan fingerprint density at radius 2 is 1.88 bits per heavy atom. The summed E-state index contributed by atoms with van der Waals surface area (Å²) >= 11 is 12.0. The molecule has 1 fully saturated rings. The fourth-order valence-corrected chi connectivity index (χ4v) is 2.90. The highest BCUT2D eigenvalue weighted by molar-refractivity contribution is 6.42. The number of piperidine rings is 1. The van der Waals surface area contributed by atoms with Crippen LogP contribution in [0.4, 0.5) is 11.4 Å². The highest BCUT2D eigenvalue weighted by atomic mass is 35.5. The number of nitrogens with zero attached hydrogens (tertiary/aromatic N) is 1. The summed E-state index contributed by atoms with van der Waals surface area (Å²) in [5.74, 6) is 0.783. The summed E-state index contributed by atoms with van der Waals surface area (Å²) in [7, 11) is 0. The fourth-order valence-electron chi connectivity index (χ4n) is 2.57. The molecule has 4 heteroatoms. The second-order valence-electron chi connectivity index (χ2n) is 5.00.